The molecule has 8 nitrogen and oxygen atoms in total. The highest BCUT2D eigenvalue weighted by atomic mass is 79.9. The number of halogens is 1. The van der Waals surface area contributed by atoms with Crippen LogP contribution in [-0.2, 0) is 11.4 Å². The topological polar surface area (TPSA) is 119 Å². The predicted octanol–water partition coefficient (Wildman–Crippen LogP) is 2.48. The molecule has 0 aliphatic carbocycles. The van der Waals surface area contributed by atoms with Crippen LogP contribution >= 0.6 is 27.7 Å². The first-order chi connectivity index (χ1) is 12.7. The van der Waals surface area contributed by atoms with Crippen molar-refractivity contribution in [2.45, 2.75) is 38.1 Å². The van der Waals surface area contributed by atoms with Gasteiger partial charge in [-0.3, -0.25) is 4.79 Å². The van der Waals surface area contributed by atoms with Crippen LogP contribution in [0.5, 0.6) is 5.75 Å². The molecular formula is C17H21BrN6O2S. The van der Waals surface area contributed by atoms with Gasteiger partial charge in [0, 0.05) is 4.47 Å². The van der Waals surface area contributed by atoms with Crippen molar-refractivity contribution in [3.8, 4) is 11.8 Å². The van der Waals surface area contributed by atoms with Gasteiger partial charge in [0.15, 0.2) is 5.82 Å². The fourth-order valence-electron chi connectivity index (χ4n) is 1.97. The molecule has 0 unspecified atom stereocenters. The van der Waals surface area contributed by atoms with E-state index in [2.05, 4.69) is 37.5 Å². The molecule has 2 aromatic rings. The molecule has 3 N–H and O–H groups in total. The van der Waals surface area contributed by atoms with E-state index in [9.17, 15) is 10.1 Å². The number of hydrogen-bond acceptors (Lipinski definition) is 7. The highest BCUT2D eigenvalue weighted by Gasteiger charge is 2.30. The Kier molecular flexibility index (Phi) is 7.10. The number of thioether (sulfide) groups is 1. The van der Waals surface area contributed by atoms with Crippen molar-refractivity contribution in [3.63, 3.8) is 0 Å². The van der Waals surface area contributed by atoms with Crippen molar-refractivity contribution in [1.82, 2.24) is 20.2 Å². The van der Waals surface area contributed by atoms with Gasteiger partial charge in [-0.15, -0.1) is 10.2 Å². The maximum atomic E-state index is 12.1. The third-order valence-electron chi connectivity index (χ3n) is 4.02. The minimum atomic E-state index is -0.920. The van der Waals surface area contributed by atoms with Crippen LogP contribution in [-0.4, -0.2) is 32.1 Å². The molecule has 1 aromatic heterocycles. The van der Waals surface area contributed by atoms with Gasteiger partial charge in [0.05, 0.1) is 11.8 Å². The Balaban J connectivity index is 1.91. The molecule has 144 valence electrons. The zero-order chi connectivity index (χ0) is 20.0. The summed E-state index contributed by atoms with van der Waals surface area (Å²) >= 11 is 4.52. The third-order valence-corrected chi connectivity index (χ3v) is 5.45. The molecule has 1 amide bonds. The minimum absolute atomic E-state index is 0.0172. The lowest BCUT2D eigenvalue weighted by atomic mass is 9.90. The molecule has 0 radical (unpaired) electrons. The van der Waals surface area contributed by atoms with E-state index < -0.39 is 5.54 Å². The normalized spacial score (nSPS) is 13.0. The van der Waals surface area contributed by atoms with Crippen molar-refractivity contribution in [2.75, 3.05) is 11.6 Å². The maximum Gasteiger partial charge on any atom is 0.231 e. The van der Waals surface area contributed by atoms with E-state index >= 15 is 0 Å². The molecule has 0 bridgehead atoms. The molecular weight excluding hydrogens is 432 g/mol. The summed E-state index contributed by atoms with van der Waals surface area (Å²) in [6, 6.07) is 9.55. The largest absolute Gasteiger partial charge is 0.485 e. The lowest BCUT2D eigenvalue weighted by Crippen LogP contribution is -2.49. The highest BCUT2D eigenvalue weighted by molar-refractivity contribution is 9.10. The fourth-order valence-corrected chi connectivity index (χ4v) is 3.02. The summed E-state index contributed by atoms with van der Waals surface area (Å²) in [5, 5.41) is 20.4. The smallest absolute Gasteiger partial charge is 0.231 e. The Morgan fingerprint density at radius 3 is 2.89 bits per heavy atom. The summed E-state index contributed by atoms with van der Waals surface area (Å²) < 4.78 is 7.84. The highest BCUT2D eigenvalue weighted by Crippen LogP contribution is 2.20. The Morgan fingerprint density at radius 2 is 2.26 bits per heavy atom. The van der Waals surface area contributed by atoms with Gasteiger partial charge in [-0.2, -0.15) is 5.26 Å². The Hall–Kier alpha value is -2.25. The number of hydrogen-bond donors (Lipinski definition) is 2. The van der Waals surface area contributed by atoms with Crippen LogP contribution in [0.3, 0.4) is 0 Å². The monoisotopic (exact) mass is 452 g/mol. The van der Waals surface area contributed by atoms with Gasteiger partial charge in [-0.05, 0) is 31.0 Å². The van der Waals surface area contributed by atoms with Crippen LogP contribution in [0.4, 0.5) is 0 Å². The van der Waals surface area contributed by atoms with Crippen LogP contribution < -0.4 is 15.9 Å². The summed E-state index contributed by atoms with van der Waals surface area (Å²) in [6.07, 6.45) is 0. The van der Waals surface area contributed by atoms with E-state index in [0.29, 0.717) is 16.7 Å². The second-order valence-corrected chi connectivity index (χ2v) is 8.18. The zero-order valence-electron chi connectivity index (χ0n) is 15.3. The standard InChI is InChI=1S/C17H21BrN6O2S/c1-11(2)17(3,10-19)21-15(25)9-27-16-23-22-14(24(16)20)8-26-13-6-4-5-12(18)7-13/h4-7,11H,8-9,20H2,1-3H3,(H,21,25)/t17-/m0/s1. The summed E-state index contributed by atoms with van der Waals surface area (Å²) in [7, 11) is 0. The van der Waals surface area contributed by atoms with Crippen molar-refractivity contribution < 1.29 is 9.53 Å². The molecule has 0 fully saturated rings. The van der Waals surface area contributed by atoms with Crippen molar-refractivity contribution in [2.24, 2.45) is 5.92 Å². The maximum absolute atomic E-state index is 12.1. The number of benzene rings is 1. The van der Waals surface area contributed by atoms with Crippen LogP contribution in [0, 0.1) is 17.2 Å². The summed E-state index contributed by atoms with van der Waals surface area (Å²) in [4.78, 5) is 12.1. The average Bonchev–Trinajstić information content (AvgIpc) is 2.98. The molecule has 1 aromatic carbocycles. The van der Waals surface area contributed by atoms with Crippen molar-refractivity contribution in [1.29, 1.82) is 5.26 Å². The van der Waals surface area contributed by atoms with Gasteiger partial charge in [-0.25, -0.2) is 4.68 Å². The summed E-state index contributed by atoms with van der Waals surface area (Å²) in [5.41, 5.74) is -0.920. The second-order valence-electron chi connectivity index (χ2n) is 6.32. The van der Waals surface area contributed by atoms with Crippen molar-refractivity contribution in [3.05, 3.63) is 34.6 Å². The first-order valence-corrected chi connectivity index (χ1v) is 9.96. The molecule has 0 saturated heterocycles. The van der Waals surface area contributed by atoms with Crippen LogP contribution in [0.1, 0.15) is 26.6 Å². The first kappa shape index (κ1) is 21.1. The van der Waals surface area contributed by atoms with E-state index in [1.807, 2.05) is 38.1 Å². The fraction of sp³-hybridized carbons (Fsp3) is 0.412. The van der Waals surface area contributed by atoms with Gasteiger partial charge < -0.3 is 15.9 Å². The number of nitriles is 1. The van der Waals surface area contributed by atoms with Gasteiger partial charge in [0.1, 0.15) is 17.9 Å². The van der Waals surface area contributed by atoms with Crippen LogP contribution in [0.15, 0.2) is 33.9 Å². The first-order valence-electron chi connectivity index (χ1n) is 8.18. The molecule has 0 aliphatic heterocycles. The Morgan fingerprint density at radius 1 is 1.52 bits per heavy atom. The molecule has 10 heteroatoms. The lowest BCUT2D eigenvalue weighted by Gasteiger charge is -2.27. The Labute approximate surface area is 170 Å². The number of amides is 1. The second kappa shape index (κ2) is 9.10. The molecule has 1 atom stereocenters. The summed E-state index contributed by atoms with van der Waals surface area (Å²) in [6.45, 7) is 5.60. The third kappa shape index (κ3) is 5.61. The lowest BCUT2D eigenvalue weighted by molar-refractivity contribution is -0.120. The number of nitrogens with two attached hydrogens (primary N) is 1. The van der Waals surface area contributed by atoms with Gasteiger partial charge >= 0.3 is 0 Å². The number of ether oxygens (including phenoxy) is 1. The predicted molar refractivity (Wildman–Crippen MR) is 106 cm³/mol. The number of carbonyl (C=O) groups excluding carboxylic acids is 1. The molecule has 0 aliphatic rings. The number of nitrogens with zero attached hydrogens (tertiary/aromatic N) is 4. The molecule has 1 heterocycles. The minimum Gasteiger partial charge on any atom is -0.485 e. The quantitative estimate of drug-likeness (QED) is 0.466. The van der Waals surface area contributed by atoms with Gasteiger partial charge in [-0.1, -0.05) is 47.6 Å². The number of nitrogen functional groups attached to an aromatic ring is 1. The van der Waals surface area contributed by atoms with E-state index in [1.165, 1.54) is 4.68 Å². The molecule has 2 rings (SSSR count). The average molecular weight is 453 g/mol. The molecule has 27 heavy (non-hydrogen) atoms. The van der Waals surface area contributed by atoms with E-state index in [-0.39, 0.29) is 24.2 Å². The zero-order valence-corrected chi connectivity index (χ0v) is 17.7. The Bertz CT molecular complexity index is 850. The van der Waals surface area contributed by atoms with Gasteiger partial charge in [0.2, 0.25) is 11.1 Å². The van der Waals surface area contributed by atoms with Crippen molar-refractivity contribution >= 4 is 33.6 Å². The summed E-state index contributed by atoms with van der Waals surface area (Å²) in [5.74, 6) is 6.87. The van der Waals surface area contributed by atoms with E-state index in [1.54, 1.807) is 6.92 Å². The number of nitrogens with one attached hydrogen (secondary N) is 1. The number of carbonyl (C=O) groups is 1. The molecule has 0 spiro atoms. The van der Waals surface area contributed by atoms with Crippen LogP contribution in [0.2, 0.25) is 0 Å². The number of aromatic nitrogens is 3. The van der Waals surface area contributed by atoms with Crippen LogP contribution in [0.25, 0.3) is 0 Å². The molecule has 0 saturated carbocycles. The number of rotatable bonds is 8. The van der Waals surface area contributed by atoms with E-state index in [4.69, 9.17) is 10.6 Å². The SMILES string of the molecule is CC(C)[C@](C)(C#N)NC(=O)CSc1nnc(COc2cccc(Br)c2)n1N. The van der Waals surface area contributed by atoms with E-state index in [0.717, 1.165) is 16.2 Å². The van der Waals surface area contributed by atoms with Gasteiger partial charge in [0.25, 0.3) is 0 Å².